The molecule has 0 spiro atoms. The van der Waals surface area contributed by atoms with Gasteiger partial charge in [0, 0.05) is 13.1 Å². The third-order valence-electron chi connectivity index (χ3n) is 1.88. The van der Waals surface area contributed by atoms with E-state index in [1.807, 2.05) is 0 Å². The molecule has 94 valence electrons. The molecule has 0 unspecified atom stereocenters. The summed E-state index contributed by atoms with van der Waals surface area (Å²) >= 11 is 0. The number of alkyl carbamates (subject to hydrolysis) is 1. The molecule has 0 aromatic rings. The van der Waals surface area contributed by atoms with Gasteiger partial charge in [0.25, 0.3) is 0 Å². The number of amides is 1. The number of hydrogen-bond acceptors (Lipinski definition) is 5. The summed E-state index contributed by atoms with van der Waals surface area (Å²) < 4.78 is 4.66. The van der Waals surface area contributed by atoms with Crippen molar-refractivity contribution < 1.29 is 19.4 Å². The lowest BCUT2D eigenvalue weighted by Gasteiger charge is -2.07. The van der Waals surface area contributed by atoms with Crippen LogP contribution in [0.3, 0.4) is 0 Å². The average Bonchev–Trinajstić information content (AvgIpc) is 2.25. The highest BCUT2D eigenvalue weighted by atomic mass is 16.5. The number of carbonyl (C=O) groups is 2. The normalized spacial score (nSPS) is 11.9. The van der Waals surface area contributed by atoms with Gasteiger partial charge in [0.2, 0.25) is 0 Å². The Labute approximate surface area is 94.1 Å². The Balaban J connectivity index is 3.33. The highest BCUT2D eigenvalue weighted by Crippen LogP contribution is 1.98. The number of carbonyl (C=O) groups excluding carboxylic acids is 1. The number of carboxylic acid groups (broad SMARTS) is 1. The lowest BCUT2D eigenvalue weighted by molar-refractivity contribution is -0.138. The number of ether oxygens (including phenoxy) is 1. The molecule has 0 heterocycles. The molecule has 0 aromatic heterocycles. The summed E-state index contributed by atoms with van der Waals surface area (Å²) in [5.74, 6) is -1.00. The third-order valence-corrected chi connectivity index (χ3v) is 1.88. The summed E-state index contributed by atoms with van der Waals surface area (Å²) in [4.78, 5) is 21.3. The number of nitrogens with one attached hydrogen (secondary N) is 1. The number of rotatable bonds is 8. The maximum Gasteiger partial charge on any atom is 0.407 e. The minimum absolute atomic E-state index is 0.190. The lowest BCUT2D eigenvalue weighted by Crippen LogP contribution is -2.30. The van der Waals surface area contributed by atoms with Crippen LogP contribution in [0.15, 0.2) is 0 Å². The van der Waals surface area contributed by atoms with Gasteiger partial charge in [0.05, 0.1) is 0 Å². The molecule has 0 bridgehead atoms. The van der Waals surface area contributed by atoms with Crippen molar-refractivity contribution >= 4 is 12.1 Å². The van der Waals surface area contributed by atoms with Crippen molar-refractivity contribution in [1.29, 1.82) is 0 Å². The maximum absolute atomic E-state index is 10.9. The van der Waals surface area contributed by atoms with Gasteiger partial charge < -0.3 is 26.6 Å². The second-order valence-electron chi connectivity index (χ2n) is 3.29. The van der Waals surface area contributed by atoms with Crippen LogP contribution in [-0.2, 0) is 9.53 Å². The van der Waals surface area contributed by atoms with Gasteiger partial charge in [-0.15, -0.1) is 0 Å². The maximum atomic E-state index is 10.9. The van der Waals surface area contributed by atoms with Gasteiger partial charge in [-0.05, 0) is 19.3 Å². The summed E-state index contributed by atoms with van der Waals surface area (Å²) in [6, 6.07) is -0.829. The molecule has 6 N–H and O–H groups in total. The largest absolute Gasteiger partial charge is 0.480 e. The first-order valence-corrected chi connectivity index (χ1v) is 5.17. The first-order chi connectivity index (χ1) is 7.57. The van der Waals surface area contributed by atoms with Crippen molar-refractivity contribution in [2.75, 3.05) is 19.7 Å². The first kappa shape index (κ1) is 14.7. The SMILES string of the molecule is NCCOC(=O)NCCCC[C@H](N)C(=O)O. The molecule has 7 heteroatoms. The van der Waals surface area contributed by atoms with Crippen LogP contribution in [0.4, 0.5) is 4.79 Å². The van der Waals surface area contributed by atoms with E-state index in [0.29, 0.717) is 32.4 Å². The predicted molar refractivity (Wildman–Crippen MR) is 57.9 cm³/mol. The molecule has 0 saturated carbocycles. The van der Waals surface area contributed by atoms with Gasteiger partial charge in [-0.25, -0.2) is 4.79 Å². The average molecular weight is 233 g/mol. The highest BCUT2D eigenvalue weighted by Gasteiger charge is 2.10. The quantitative estimate of drug-likeness (QED) is 0.408. The van der Waals surface area contributed by atoms with Crippen LogP contribution in [0.25, 0.3) is 0 Å². The van der Waals surface area contributed by atoms with Crippen LogP contribution >= 0.6 is 0 Å². The number of unbranched alkanes of at least 4 members (excludes halogenated alkanes) is 1. The zero-order chi connectivity index (χ0) is 12.4. The molecule has 0 radical (unpaired) electrons. The summed E-state index contributed by atoms with van der Waals surface area (Å²) in [6.07, 6.45) is 1.20. The predicted octanol–water partition coefficient (Wildman–Crippen LogP) is -0.746. The molecule has 0 aliphatic carbocycles. The highest BCUT2D eigenvalue weighted by molar-refractivity contribution is 5.72. The molecular formula is C9H19N3O4. The summed E-state index contributed by atoms with van der Waals surface area (Å²) in [5, 5.41) is 11.0. The number of aliphatic carboxylic acids is 1. The molecule has 0 aliphatic heterocycles. The number of nitrogens with two attached hydrogens (primary N) is 2. The van der Waals surface area contributed by atoms with Crippen molar-refractivity contribution in [3.05, 3.63) is 0 Å². The molecule has 0 fully saturated rings. The second kappa shape index (κ2) is 8.93. The Hall–Kier alpha value is -1.34. The molecule has 1 amide bonds. The molecule has 7 nitrogen and oxygen atoms in total. The fraction of sp³-hybridized carbons (Fsp3) is 0.778. The Bertz CT molecular complexity index is 223. The van der Waals surface area contributed by atoms with Gasteiger partial charge >= 0.3 is 12.1 Å². The van der Waals surface area contributed by atoms with Crippen LogP contribution in [0, 0.1) is 0 Å². The molecule has 0 saturated heterocycles. The Morgan fingerprint density at radius 3 is 2.62 bits per heavy atom. The van der Waals surface area contributed by atoms with Gasteiger partial charge in [-0.1, -0.05) is 0 Å². The summed E-state index contributed by atoms with van der Waals surface area (Å²) in [5.41, 5.74) is 10.4. The van der Waals surface area contributed by atoms with Crippen LogP contribution in [0.1, 0.15) is 19.3 Å². The summed E-state index contributed by atoms with van der Waals surface area (Å²) in [7, 11) is 0. The van der Waals surface area contributed by atoms with E-state index in [9.17, 15) is 9.59 Å². The lowest BCUT2D eigenvalue weighted by atomic mass is 10.1. The van der Waals surface area contributed by atoms with E-state index >= 15 is 0 Å². The van der Waals surface area contributed by atoms with E-state index in [4.69, 9.17) is 16.6 Å². The van der Waals surface area contributed by atoms with E-state index in [1.165, 1.54) is 0 Å². The number of hydrogen-bond donors (Lipinski definition) is 4. The van der Waals surface area contributed by atoms with Gasteiger partial charge in [0.1, 0.15) is 12.6 Å². The molecule has 0 rings (SSSR count). The Morgan fingerprint density at radius 2 is 2.06 bits per heavy atom. The van der Waals surface area contributed by atoms with Crippen molar-refractivity contribution in [1.82, 2.24) is 5.32 Å². The monoisotopic (exact) mass is 233 g/mol. The molecule has 16 heavy (non-hydrogen) atoms. The van der Waals surface area contributed by atoms with E-state index in [1.54, 1.807) is 0 Å². The zero-order valence-electron chi connectivity index (χ0n) is 9.15. The third kappa shape index (κ3) is 8.01. The van der Waals surface area contributed by atoms with Gasteiger partial charge in [-0.3, -0.25) is 4.79 Å². The van der Waals surface area contributed by atoms with Crippen molar-refractivity contribution in [3.8, 4) is 0 Å². The van der Waals surface area contributed by atoms with E-state index in [0.717, 1.165) is 0 Å². The smallest absolute Gasteiger partial charge is 0.407 e. The van der Waals surface area contributed by atoms with Gasteiger partial charge in [-0.2, -0.15) is 0 Å². The van der Waals surface area contributed by atoms with Crippen LogP contribution < -0.4 is 16.8 Å². The van der Waals surface area contributed by atoms with Crippen LogP contribution in [0.2, 0.25) is 0 Å². The van der Waals surface area contributed by atoms with Crippen LogP contribution in [-0.4, -0.2) is 42.9 Å². The van der Waals surface area contributed by atoms with E-state index in [2.05, 4.69) is 10.1 Å². The first-order valence-electron chi connectivity index (χ1n) is 5.17. The molecule has 0 aliphatic rings. The van der Waals surface area contributed by atoms with Crippen LogP contribution in [0.5, 0.6) is 0 Å². The molecule has 0 aromatic carbocycles. The van der Waals surface area contributed by atoms with Crippen molar-refractivity contribution in [3.63, 3.8) is 0 Å². The van der Waals surface area contributed by atoms with Crippen molar-refractivity contribution in [2.24, 2.45) is 11.5 Å². The van der Waals surface area contributed by atoms with E-state index < -0.39 is 18.1 Å². The zero-order valence-corrected chi connectivity index (χ0v) is 9.15. The summed E-state index contributed by atoms with van der Waals surface area (Å²) in [6.45, 7) is 0.923. The fourth-order valence-electron chi connectivity index (χ4n) is 1.01. The van der Waals surface area contributed by atoms with Gasteiger partial charge in [0.15, 0.2) is 0 Å². The van der Waals surface area contributed by atoms with Crippen molar-refractivity contribution in [2.45, 2.75) is 25.3 Å². The molecular weight excluding hydrogens is 214 g/mol. The second-order valence-corrected chi connectivity index (χ2v) is 3.29. The molecule has 1 atom stereocenters. The standard InChI is InChI=1S/C9H19N3O4/c10-4-6-16-9(15)12-5-2-1-3-7(11)8(13)14/h7H,1-6,10-11H2,(H,12,15)(H,13,14)/t7-/m0/s1. The minimum Gasteiger partial charge on any atom is -0.480 e. The Morgan fingerprint density at radius 1 is 1.38 bits per heavy atom. The Kier molecular flexibility index (Phi) is 8.18. The number of carboxylic acids is 1. The minimum atomic E-state index is -1.00. The topological polar surface area (TPSA) is 128 Å². The van der Waals surface area contributed by atoms with E-state index in [-0.39, 0.29) is 6.61 Å². The fourth-order valence-corrected chi connectivity index (χ4v) is 1.01.